The van der Waals surface area contributed by atoms with E-state index >= 15 is 0 Å². The Morgan fingerprint density at radius 2 is 1.17 bits per heavy atom. The molecule has 2 heteroatoms. The van der Waals surface area contributed by atoms with Gasteiger partial charge in [-0.25, -0.2) is 0 Å². The maximum absolute atomic E-state index is 2.54. The Morgan fingerprint density at radius 3 is 2.00 bits per heavy atom. The van der Waals surface area contributed by atoms with E-state index in [0.29, 0.717) is 0 Å². The van der Waals surface area contributed by atoms with Gasteiger partial charge < -0.3 is 8.97 Å². The van der Waals surface area contributed by atoms with Gasteiger partial charge in [-0.15, -0.1) is 0 Å². The highest BCUT2D eigenvalue weighted by Crippen LogP contribution is 2.55. The zero-order chi connectivity index (χ0) is 27.0. The van der Waals surface area contributed by atoms with Crippen LogP contribution in [0, 0.1) is 0 Å². The molecule has 0 radical (unpaired) electrons. The summed E-state index contributed by atoms with van der Waals surface area (Å²) in [5, 5.41) is 8.02. The predicted octanol–water partition coefficient (Wildman–Crippen LogP) is 10.2. The number of para-hydroxylation sites is 3. The van der Waals surface area contributed by atoms with Crippen LogP contribution in [0.5, 0.6) is 0 Å². The highest BCUT2D eigenvalue weighted by Gasteiger charge is 2.37. The first-order valence-corrected chi connectivity index (χ1v) is 14.5. The van der Waals surface area contributed by atoms with E-state index < -0.39 is 0 Å². The fraction of sp³-hybridized carbons (Fsp3) is 0.0769. The molecule has 0 amide bonds. The van der Waals surface area contributed by atoms with Crippen LogP contribution in [0.3, 0.4) is 0 Å². The lowest BCUT2D eigenvalue weighted by molar-refractivity contribution is 0.661. The fourth-order valence-corrected chi connectivity index (χ4v) is 8.15. The molecular weight excluding hydrogens is 496 g/mol. The van der Waals surface area contributed by atoms with Gasteiger partial charge in [-0.3, -0.25) is 0 Å². The molecule has 0 N–H and O–H groups in total. The first-order valence-electron chi connectivity index (χ1n) is 14.5. The van der Waals surface area contributed by atoms with Crippen LogP contribution >= 0.6 is 0 Å². The fourth-order valence-electron chi connectivity index (χ4n) is 8.15. The van der Waals surface area contributed by atoms with Crippen molar-refractivity contribution in [1.29, 1.82) is 0 Å². The summed E-state index contributed by atoms with van der Waals surface area (Å²) >= 11 is 0. The van der Waals surface area contributed by atoms with Crippen molar-refractivity contribution in [2.24, 2.45) is 0 Å². The lowest BCUT2D eigenvalue weighted by Crippen LogP contribution is -2.14. The Kier molecular flexibility index (Phi) is 3.79. The van der Waals surface area contributed by atoms with Gasteiger partial charge in [0.2, 0.25) is 0 Å². The van der Waals surface area contributed by atoms with Crippen LogP contribution in [-0.4, -0.2) is 8.97 Å². The summed E-state index contributed by atoms with van der Waals surface area (Å²) in [7, 11) is 0. The second-order valence-corrected chi connectivity index (χ2v) is 12.1. The van der Waals surface area contributed by atoms with E-state index in [1.165, 1.54) is 87.8 Å². The minimum atomic E-state index is -0.0393. The van der Waals surface area contributed by atoms with Crippen molar-refractivity contribution in [2.75, 3.05) is 0 Å². The van der Waals surface area contributed by atoms with Gasteiger partial charge in [0.1, 0.15) is 0 Å². The van der Waals surface area contributed by atoms with E-state index in [-0.39, 0.29) is 5.41 Å². The number of aromatic nitrogens is 2. The van der Waals surface area contributed by atoms with Gasteiger partial charge in [-0.1, -0.05) is 98.8 Å². The third-order valence-corrected chi connectivity index (χ3v) is 9.82. The summed E-state index contributed by atoms with van der Waals surface area (Å²) in [4.78, 5) is 0. The molecular formula is C39H26N2. The second-order valence-electron chi connectivity index (χ2n) is 12.1. The van der Waals surface area contributed by atoms with Gasteiger partial charge in [0.05, 0.1) is 27.6 Å². The average molecular weight is 523 g/mol. The lowest BCUT2D eigenvalue weighted by atomic mass is 9.82. The van der Waals surface area contributed by atoms with E-state index in [4.69, 9.17) is 0 Å². The van der Waals surface area contributed by atoms with E-state index in [0.717, 1.165) is 0 Å². The van der Waals surface area contributed by atoms with Crippen LogP contribution in [0.4, 0.5) is 0 Å². The van der Waals surface area contributed by atoms with Gasteiger partial charge in [0.15, 0.2) is 0 Å². The molecule has 6 aromatic carbocycles. The number of benzene rings is 6. The summed E-state index contributed by atoms with van der Waals surface area (Å²) in [5.74, 6) is 0. The number of fused-ring (bicyclic) bond motifs is 14. The monoisotopic (exact) mass is 522 g/mol. The highest BCUT2D eigenvalue weighted by atomic mass is 15.0. The van der Waals surface area contributed by atoms with Crippen LogP contribution in [0.15, 0.2) is 121 Å². The predicted molar refractivity (Wildman–Crippen MR) is 173 cm³/mol. The standard InChI is InChI=1S/C39H26N2/c1-39(2)28-17-9-6-14-24(28)34-29(39)20-21-32-36(34)27-22-33-35(37-26-16-8-11-19-31(26)41(32)38(27)37)25-15-7-10-18-30(25)40(33)23-12-4-3-5-13-23/h3-22H,1-2H3. The molecule has 41 heavy (non-hydrogen) atoms. The normalized spacial score (nSPS) is 14.3. The molecule has 9 aromatic rings. The Balaban J connectivity index is 1.54. The minimum Gasteiger partial charge on any atom is -0.309 e. The third kappa shape index (κ3) is 2.43. The summed E-state index contributed by atoms with van der Waals surface area (Å²) in [6.45, 7) is 4.75. The SMILES string of the molecule is CC1(C)c2ccccc2-c2c1ccc1c2c2cc3c(c4ccccc4n3-c3ccccc3)c3c4ccccc4n1c23. The number of hydrogen-bond acceptors (Lipinski definition) is 0. The van der Waals surface area contributed by atoms with Crippen LogP contribution in [0.25, 0.3) is 76.7 Å². The molecule has 0 unspecified atom stereocenters. The van der Waals surface area contributed by atoms with Crippen LogP contribution in [0.2, 0.25) is 0 Å². The van der Waals surface area contributed by atoms with Gasteiger partial charge in [-0.2, -0.15) is 0 Å². The molecule has 2 nitrogen and oxygen atoms in total. The van der Waals surface area contributed by atoms with Crippen molar-refractivity contribution >= 4 is 59.9 Å². The lowest BCUT2D eigenvalue weighted by Gasteiger charge is -2.21. The largest absolute Gasteiger partial charge is 0.309 e. The van der Waals surface area contributed by atoms with Crippen molar-refractivity contribution in [3.63, 3.8) is 0 Å². The molecule has 0 aliphatic heterocycles. The minimum absolute atomic E-state index is 0.0393. The van der Waals surface area contributed by atoms with E-state index in [2.05, 4.69) is 144 Å². The molecule has 1 aliphatic carbocycles. The third-order valence-electron chi connectivity index (χ3n) is 9.82. The molecule has 0 fully saturated rings. The molecule has 10 rings (SSSR count). The van der Waals surface area contributed by atoms with Crippen LogP contribution < -0.4 is 0 Å². The molecule has 0 atom stereocenters. The highest BCUT2D eigenvalue weighted by molar-refractivity contribution is 6.37. The molecule has 0 saturated carbocycles. The quantitative estimate of drug-likeness (QED) is 0.203. The number of rotatable bonds is 1. The summed E-state index contributed by atoms with van der Waals surface area (Å²) < 4.78 is 5.00. The molecule has 3 aromatic heterocycles. The first-order chi connectivity index (χ1) is 20.1. The van der Waals surface area contributed by atoms with Crippen LogP contribution in [-0.2, 0) is 5.41 Å². The summed E-state index contributed by atoms with van der Waals surface area (Å²) in [5.41, 5.74) is 13.2. The van der Waals surface area contributed by atoms with Gasteiger partial charge in [0.25, 0.3) is 0 Å². The van der Waals surface area contributed by atoms with Crippen LogP contribution in [0.1, 0.15) is 25.0 Å². The van der Waals surface area contributed by atoms with Gasteiger partial charge >= 0.3 is 0 Å². The van der Waals surface area contributed by atoms with E-state index in [1.807, 2.05) is 0 Å². The van der Waals surface area contributed by atoms with Crippen molar-refractivity contribution < 1.29 is 0 Å². The Hall–Kier alpha value is -5.08. The summed E-state index contributed by atoms with van der Waals surface area (Å²) in [6, 6.07) is 45.0. The Labute approximate surface area is 237 Å². The maximum Gasteiger partial charge on any atom is 0.0628 e. The van der Waals surface area contributed by atoms with Crippen molar-refractivity contribution in [1.82, 2.24) is 8.97 Å². The van der Waals surface area contributed by atoms with Crippen molar-refractivity contribution in [3.8, 4) is 16.8 Å². The van der Waals surface area contributed by atoms with Gasteiger partial charge in [0, 0.05) is 43.4 Å². The second kappa shape index (κ2) is 7.16. The van der Waals surface area contributed by atoms with Crippen molar-refractivity contribution in [3.05, 3.63) is 132 Å². The maximum atomic E-state index is 2.54. The molecule has 192 valence electrons. The average Bonchev–Trinajstić information content (AvgIpc) is 3.70. The number of hydrogen-bond donors (Lipinski definition) is 0. The molecule has 3 heterocycles. The Bertz CT molecular complexity index is 2540. The van der Waals surface area contributed by atoms with Gasteiger partial charge in [-0.05, 0) is 58.7 Å². The van der Waals surface area contributed by atoms with E-state index in [1.54, 1.807) is 0 Å². The molecule has 1 aliphatic rings. The topological polar surface area (TPSA) is 9.34 Å². The number of nitrogens with zero attached hydrogens (tertiary/aromatic N) is 2. The molecule has 0 spiro atoms. The zero-order valence-electron chi connectivity index (χ0n) is 22.9. The smallest absolute Gasteiger partial charge is 0.0628 e. The zero-order valence-corrected chi connectivity index (χ0v) is 22.9. The molecule has 0 saturated heterocycles. The van der Waals surface area contributed by atoms with E-state index in [9.17, 15) is 0 Å². The molecule has 0 bridgehead atoms. The van der Waals surface area contributed by atoms with Crippen molar-refractivity contribution in [2.45, 2.75) is 19.3 Å². The first kappa shape index (κ1) is 21.7. The summed E-state index contributed by atoms with van der Waals surface area (Å²) in [6.07, 6.45) is 0. The Morgan fingerprint density at radius 1 is 0.488 bits per heavy atom.